The zero-order chi connectivity index (χ0) is 9.19. The van der Waals surface area contributed by atoms with Gasteiger partial charge in [0.1, 0.15) is 0 Å². The van der Waals surface area contributed by atoms with Crippen LogP contribution in [0.25, 0.3) is 0 Å². The molecule has 2 atom stereocenters. The molecule has 1 aliphatic rings. The molecule has 2 unspecified atom stereocenters. The van der Waals surface area contributed by atoms with Gasteiger partial charge in [-0.1, -0.05) is 0 Å². The van der Waals surface area contributed by atoms with Gasteiger partial charge in [0.2, 0.25) is 12.1 Å². The first-order valence-corrected chi connectivity index (χ1v) is 3.99. The fourth-order valence-corrected chi connectivity index (χ4v) is 1.06. The molecule has 72 valence electrons. The number of hydrogen-bond acceptors (Lipinski definition) is 4. The number of ether oxygens (including phenoxy) is 4. The Bertz CT molecular complexity index is 144. The van der Waals surface area contributed by atoms with Gasteiger partial charge >= 0.3 is 0 Å². The van der Waals surface area contributed by atoms with Crippen molar-refractivity contribution in [3.8, 4) is 0 Å². The van der Waals surface area contributed by atoms with Gasteiger partial charge in [0.25, 0.3) is 0 Å². The van der Waals surface area contributed by atoms with E-state index in [1.807, 2.05) is 6.92 Å². The van der Waals surface area contributed by atoms with Crippen LogP contribution >= 0.6 is 0 Å². The van der Waals surface area contributed by atoms with Crippen molar-refractivity contribution in [1.82, 2.24) is 0 Å². The van der Waals surface area contributed by atoms with Crippen LogP contribution in [0.1, 0.15) is 13.8 Å². The molecule has 0 N–H and O–H groups in total. The molecular formula is C8H16O4. The monoisotopic (exact) mass is 176 g/mol. The third-order valence-electron chi connectivity index (χ3n) is 2.08. The van der Waals surface area contributed by atoms with Crippen molar-refractivity contribution in [1.29, 1.82) is 0 Å². The highest BCUT2D eigenvalue weighted by molar-refractivity contribution is 4.73. The van der Waals surface area contributed by atoms with E-state index in [-0.39, 0.29) is 6.10 Å². The molecule has 1 saturated heterocycles. The molecule has 1 fully saturated rings. The van der Waals surface area contributed by atoms with E-state index in [0.717, 1.165) is 0 Å². The van der Waals surface area contributed by atoms with E-state index in [0.29, 0.717) is 6.61 Å². The minimum Gasteiger partial charge on any atom is -0.349 e. The van der Waals surface area contributed by atoms with Crippen LogP contribution in [0, 0.1) is 0 Å². The van der Waals surface area contributed by atoms with Crippen LogP contribution < -0.4 is 0 Å². The first-order valence-electron chi connectivity index (χ1n) is 3.99. The number of hydrogen-bond donors (Lipinski definition) is 0. The summed E-state index contributed by atoms with van der Waals surface area (Å²) in [7, 11) is 3.14. The van der Waals surface area contributed by atoms with E-state index in [9.17, 15) is 0 Å². The highest BCUT2D eigenvalue weighted by atomic mass is 16.8. The maximum atomic E-state index is 5.44. The maximum absolute atomic E-state index is 5.44. The summed E-state index contributed by atoms with van der Waals surface area (Å²) >= 11 is 0. The van der Waals surface area contributed by atoms with Gasteiger partial charge in [-0.15, -0.1) is 0 Å². The first kappa shape index (κ1) is 9.92. The lowest BCUT2D eigenvalue weighted by atomic mass is 10.3. The van der Waals surface area contributed by atoms with Crippen LogP contribution in [0.5, 0.6) is 0 Å². The Morgan fingerprint density at radius 2 is 1.92 bits per heavy atom. The van der Waals surface area contributed by atoms with Crippen molar-refractivity contribution >= 4 is 0 Å². The average Bonchev–Trinajstić information content (AvgIpc) is 2.51. The molecular weight excluding hydrogens is 160 g/mol. The molecule has 12 heavy (non-hydrogen) atoms. The van der Waals surface area contributed by atoms with Crippen LogP contribution in [-0.2, 0) is 18.9 Å². The lowest BCUT2D eigenvalue weighted by Gasteiger charge is -2.30. The van der Waals surface area contributed by atoms with Gasteiger partial charge in [-0.25, -0.2) is 0 Å². The van der Waals surface area contributed by atoms with Crippen LogP contribution in [0.3, 0.4) is 0 Å². The predicted molar refractivity (Wildman–Crippen MR) is 42.7 cm³/mol. The van der Waals surface area contributed by atoms with Crippen molar-refractivity contribution < 1.29 is 18.9 Å². The summed E-state index contributed by atoms with van der Waals surface area (Å²) in [6, 6.07) is 0. The summed E-state index contributed by atoms with van der Waals surface area (Å²) < 4.78 is 21.1. The molecule has 0 aromatic carbocycles. The Kier molecular flexibility index (Phi) is 3.06. The molecule has 1 aliphatic heterocycles. The zero-order valence-electron chi connectivity index (χ0n) is 7.99. The van der Waals surface area contributed by atoms with Crippen LogP contribution in [-0.4, -0.2) is 39.0 Å². The molecule has 0 amide bonds. The normalized spacial score (nSPS) is 31.0. The summed E-state index contributed by atoms with van der Waals surface area (Å²) in [5.74, 6) is -0.801. The molecule has 1 rings (SSSR count). The maximum Gasteiger partial charge on any atom is 0.217 e. The van der Waals surface area contributed by atoms with E-state index < -0.39 is 12.1 Å². The fraction of sp³-hybridized carbons (Fsp3) is 1.00. The lowest BCUT2D eigenvalue weighted by Crippen LogP contribution is -2.43. The van der Waals surface area contributed by atoms with Gasteiger partial charge in [0.15, 0.2) is 0 Å². The van der Waals surface area contributed by atoms with E-state index in [1.54, 1.807) is 21.1 Å². The summed E-state index contributed by atoms with van der Waals surface area (Å²) in [5, 5.41) is 0. The second-order valence-electron chi connectivity index (χ2n) is 3.04. The number of rotatable bonds is 3. The van der Waals surface area contributed by atoms with Gasteiger partial charge in [0.05, 0.1) is 12.7 Å². The molecule has 4 nitrogen and oxygen atoms in total. The molecule has 1 heterocycles. The molecule has 4 heteroatoms. The zero-order valence-corrected chi connectivity index (χ0v) is 7.99. The highest BCUT2D eigenvalue weighted by Gasteiger charge is 2.41. The van der Waals surface area contributed by atoms with Crippen LogP contribution in [0.15, 0.2) is 0 Å². The molecule has 0 aliphatic carbocycles. The van der Waals surface area contributed by atoms with Crippen molar-refractivity contribution in [2.24, 2.45) is 0 Å². The Morgan fingerprint density at radius 1 is 1.33 bits per heavy atom. The lowest BCUT2D eigenvalue weighted by molar-refractivity contribution is -0.302. The SMILES string of the molecule is COC(C)(OC)C1OCC(C)O1. The summed E-state index contributed by atoms with van der Waals surface area (Å²) in [5.41, 5.74) is 0. The molecule has 0 aromatic heterocycles. The van der Waals surface area contributed by atoms with E-state index >= 15 is 0 Å². The van der Waals surface area contributed by atoms with Gasteiger partial charge < -0.3 is 18.9 Å². The molecule has 0 bridgehead atoms. The third kappa shape index (κ3) is 1.77. The molecule has 0 radical (unpaired) electrons. The standard InChI is InChI=1S/C8H16O4/c1-6-5-11-7(12-6)8(2,9-3)10-4/h6-7H,5H2,1-4H3. The smallest absolute Gasteiger partial charge is 0.217 e. The van der Waals surface area contributed by atoms with E-state index in [2.05, 4.69) is 0 Å². The summed E-state index contributed by atoms with van der Waals surface area (Å²) in [4.78, 5) is 0. The third-order valence-corrected chi connectivity index (χ3v) is 2.08. The predicted octanol–water partition coefficient (Wildman–Crippen LogP) is 0.757. The molecule has 0 saturated carbocycles. The van der Waals surface area contributed by atoms with Gasteiger partial charge in [0, 0.05) is 14.2 Å². The largest absolute Gasteiger partial charge is 0.349 e. The molecule has 0 aromatic rings. The van der Waals surface area contributed by atoms with Crippen molar-refractivity contribution in [2.45, 2.75) is 32.0 Å². The van der Waals surface area contributed by atoms with E-state index in [4.69, 9.17) is 18.9 Å². The Morgan fingerprint density at radius 3 is 2.25 bits per heavy atom. The minimum absolute atomic E-state index is 0.111. The van der Waals surface area contributed by atoms with Crippen molar-refractivity contribution in [3.63, 3.8) is 0 Å². The Hall–Kier alpha value is -0.160. The highest BCUT2D eigenvalue weighted by Crippen LogP contribution is 2.25. The topological polar surface area (TPSA) is 36.9 Å². The van der Waals surface area contributed by atoms with Gasteiger partial charge in [-0.2, -0.15) is 0 Å². The Labute approximate surface area is 72.7 Å². The average molecular weight is 176 g/mol. The van der Waals surface area contributed by atoms with Crippen LogP contribution in [0.4, 0.5) is 0 Å². The Balaban J connectivity index is 2.55. The first-order chi connectivity index (χ1) is 5.62. The van der Waals surface area contributed by atoms with E-state index in [1.165, 1.54) is 0 Å². The molecule has 0 spiro atoms. The van der Waals surface area contributed by atoms with Gasteiger partial charge in [-0.05, 0) is 13.8 Å². The second-order valence-corrected chi connectivity index (χ2v) is 3.04. The van der Waals surface area contributed by atoms with Crippen molar-refractivity contribution in [2.75, 3.05) is 20.8 Å². The quantitative estimate of drug-likeness (QED) is 0.595. The number of methoxy groups -OCH3 is 2. The van der Waals surface area contributed by atoms with Crippen molar-refractivity contribution in [3.05, 3.63) is 0 Å². The minimum atomic E-state index is -0.801. The van der Waals surface area contributed by atoms with Gasteiger partial charge in [-0.3, -0.25) is 0 Å². The summed E-state index contributed by atoms with van der Waals surface area (Å²) in [6.45, 7) is 4.33. The van der Waals surface area contributed by atoms with Crippen LogP contribution in [0.2, 0.25) is 0 Å². The summed E-state index contributed by atoms with van der Waals surface area (Å²) in [6.07, 6.45) is -0.317. The fourth-order valence-electron chi connectivity index (χ4n) is 1.06. The second kappa shape index (κ2) is 3.70.